The van der Waals surface area contributed by atoms with E-state index in [9.17, 15) is 5.11 Å². The summed E-state index contributed by atoms with van der Waals surface area (Å²) in [5, 5.41) is 22.5. The highest BCUT2D eigenvalue weighted by molar-refractivity contribution is 5.59. The van der Waals surface area contributed by atoms with Crippen molar-refractivity contribution in [2.75, 3.05) is 26.2 Å². The molecule has 0 saturated carbocycles. The number of aromatic nitrogens is 3. The quantitative estimate of drug-likeness (QED) is 0.582. The number of likely N-dealkylation sites (tertiary alicyclic amines) is 1. The average Bonchev–Trinajstić information content (AvgIpc) is 3.39. The highest BCUT2D eigenvalue weighted by Crippen LogP contribution is 2.22. The summed E-state index contributed by atoms with van der Waals surface area (Å²) in [5.41, 5.74) is 2.79. The van der Waals surface area contributed by atoms with E-state index in [1.807, 2.05) is 36.5 Å². The van der Waals surface area contributed by atoms with Crippen molar-refractivity contribution in [3.05, 3.63) is 59.8 Å². The monoisotopic (exact) mass is 406 g/mol. The van der Waals surface area contributed by atoms with Gasteiger partial charge in [-0.25, -0.2) is 4.98 Å². The highest BCUT2D eigenvalue weighted by atomic mass is 16.5. The fourth-order valence-electron chi connectivity index (χ4n) is 3.56. The molecule has 0 radical (unpaired) electrons. The van der Waals surface area contributed by atoms with Crippen LogP contribution in [0.2, 0.25) is 0 Å². The second-order valence-corrected chi connectivity index (χ2v) is 7.61. The van der Waals surface area contributed by atoms with E-state index in [2.05, 4.69) is 38.4 Å². The van der Waals surface area contributed by atoms with Gasteiger partial charge in [0, 0.05) is 61.6 Å². The number of aliphatic hydroxyl groups is 2. The fourth-order valence-corrected chi connectivity index (χ4v) is 3.56. The highest BCUT2D eigenvalue weighted by Gasteiger charge is 2.26. The van der Waals surface area contributed by atoms with Gasteiger partial charge in [0.1, 0.15) is 11.5 Å². The van der Waals surface area contributed by atoms with Gasteiger partial charge in [-0.2, -0.15) is 0 Å². The van der Waals surface area contributed by atoms with Crippen molar-refractivity contribution in [2.24, 2.45) is 5.92 Å². The van der Waals surface area contributed by atoms with Gasteiger partial charge in [0.25, 0.3) is 0 Å². The third-order valence-electron chi connectivity index (χ3n) is 5.24. The number of aryl methyl sites for hydroxylation is 1. The summed E-state index contributed by atoms with van der Waals surface area (Å²) in [4.78, 5) is 6.43. The number of hydrogen-bond acceptors (Lipinski definition) is 6. The van der Waals surface area contributed by atoms with Gasteiger partial charge in [-0.05, 0) is 24.3 Å². The molecule has 1 fully saturated rings. The van der Waals surface area contributed by atoms with Crippen molar-refractivity contribution in [3.63, 3.8) is 0 Å². The molecule has 0 unspecified atom stereocenters. The number of benzene rings is 1. The van der Waals surface area contributed by atoms with Crippen LogP contribution in [0.15, 0.2) is 47.2 Å². The molecular formula is C23H26N4O3. The van der Waals surface area contributed by atoms with E-state index in [0.717, 1.165) is 47.9 Å². The number of β-amino-alcohol motifs (C(OH)–C–C–N with tert-alkyl or cyclic N) is 1. The normalized spacial score (nSPS) is 15.4. The Bertz CT molecular complexity index is 1020. The van der Waals surface area contributed by atoms with Crippen molar-refractivity contribution < 1.29 is 14.7 Å². The predicted octanol–water partition coefficient (Wildman–Crippen LogP) is 1.79. The lowest BCUT2D eigenvalue weighted by Crippen LogP contribution is -2.49. The van der Waals surface area contributed by atoms with Crippen molar-refractivity contribution in [2.45, 2.75) is 26.0 Å². The summed E-state index contributed by atoms with van der Waals surface area (Å²) in [6.07, 6.45) is 3.97. The van der Waals surface area contributed by atoms with Crippen LogP contribution in [0.25, 0.3) is 11.3 Å². The van der Waals surface area contributed by atoms with Gasteiger partial charge >= 0.3 is 0 Å². The van der Waals surface area contributed by atoms with E-state index in [1.54, 1.807) is 6.20 Å². The molecule has 156 valence electrons. The molecule has 3 heterocycles. The molecule has 0 aliphatic carbocycles. The van der Waals surface area contributed by atoms with Crippen LogP contribution in [-0.4, -0.2) is 62.2 Å². The maximum absolute atomic E-state index is 9.45. The lowest BCUT2D eigenvalue weighted by molar-refractivity contribution is 0.0269. The smallest absolute Gasteiger partial charge is 0.167 e. The fraction of sp³-hybridized carbons (Fsp3) is 0.391. The third kappa shape index (κ3) is 4.79. The van der Waals surface area contributed by atoms with Gasteiger partial charge in [-0.3, -0.25) is 4.90 Å². The van der Waals surface area contributed by atoms with E-state index in [4.69, 9.17) is 9.63 Å². The molecule has 1 aromatic carbocycles. The second kappa shape index (κ2) is 9.26. The van der Waals surface area contributed by atoms with Gasteiger partial charge < -0.3 is 19.3 Å². The number of imidazole rings is 1. The molecule has 3 aromatic rings. The van der Waals surface area contributed by atoms with E-state index in [-0.39, 0.29) is 6.61 Å². The Labute approximate surface area is 176 Å². The molecule has 1 saturated heterocycles. The summed E-state index contributed by atoms with van der Waals surface area (Å²) in [6, 6.07) is 9.92. The maximum atomic E-state index is 9.45. The van der Waals surface area contributed by atoms with Crippen LogP contribution in [0.5, 0.6) is 0 Å². The van der Waals surface area contributed by atoms with E-state index in [1.165, 1.54) is 0 Å². The van der Waals surface area contributed by atoms with Gasteiger partial charge in [0.15, 0.2) is 5.76 Å². The SMILES string of the molecule is CCc1nccn1Cc1cc(-c2ccc(C#CC3CN(C[C@H](O)CO)C3)cc2)on1. The summed E-state index contributed by atoms with van der Waals surface area (Å²) < 4.78 is 7.60. The number of nitrogens with zero attached hydrogens (tertiary/aromatic N) is 4. The first-order valence-electron chi connectivity index (χ1n) is 10.2. The summed E-state index contributed by atoms with van der Waals surface area (Å²) in [5.74, 6) is 8.56. The molecular weight excluding hydrogens is 380 g/mol. The number of hydrogen-bond donors (Lipinski definition) is 2. The Kier molecular flexibility index (Phi) is 6.29. The van der Waals surface area contributed by atoms with Crippen molar-refractivity contribution >= 4 is 0 Å². The Hall–Kier alpha value is -2.92. The Morgan fingerprint density at radius 3 is 2.80 bits per heavy atom. The van der Waals surface area contributed by atoms with Crippen LogP contribution < -0.4 is 0 Å². The summed E-state index contributed by atoms with van der Waals surface area (Å²) >= 11 is 0. The minimum Gasteiger partial charge on any atom is -0.394 e. The van der Waals surface area contributed by atoms with Crippen molar-refractivity contribution in [1.82, 2.24) is 19.6 Å². The van der Waals surface area contributed by atoms with Gasteiger partial charge in [-0.1, -0.05) is 23.9 Å². The van der Waals surface area contributed by atoms with Crippen molar-refractivity contribution in [3.8, 4) is 23.2 Å². The standard InChI is InChI=1S/C23H26N4O3/c1-2-23-24-9-10-27(23)14-20-11-22(30-25-20)19-7-5-17(6-8-19)3-4-18-12-26(13-18)15-21(29)16-28/h5-11,18,21,28-29H,2,12-16H2,1H3/t21-/m0/s1. The molecule has 0 spiro atoms. The van der Waals surface area contributed by atoms with E-state index >= 15 is 0 Å². The zero-order valence-corrected chi connectivity index (χ0v) is 17.0. The lowest BCUT2D eigenvalue weighted by atomic mass is 9.99. The zero-order chi connectivity index (χ0) is 20.9. The van der Waals surface area contributed by atoms with E-state index < -0.39 is 6.10 Å². The topological polar surface area (TPSA) is 87.6 Å². The molecule has 4 rings (SSSR count). The molecule has 1 aliphatic rings. The number of rotatable bonds is 7. The molecule has 2 aromatic heterocycles. The first-order chi connectivity index (χ1) is 14.6. The first-order valence-corrected chi connectivity index (χ1v) is 10.2. The molecule has 30 heavy (non-hydrogen) atoms. The molecule has 7 heteroatoms. The molecule has 1 aliphatic heterocycles. The number of aliphatic hydroxyl groups excluding tert-OH is 2. The summed E-state index contributed by atoms with van der Waals surface area (Å²) in [6.45, 7) is 4.70. The van der Waals surface area contributed by atoms with Crippen molar-refractivity contribution in [1.29, 1.82) is 0 Å². The minimum absolute atomic E-state index is 0.199. The molecule has 0 amide bonds. The van der Waals surface area contributed by atoms with Crippen LogP contribution in [0.3, 0.4) is 0 Å². The Morgan fingerprint density at radius 2 is 2.07 bits per heavy atom. The first kappa shape index (κ1) is 20.4. The minimum atomic E-state index is -0.670. The Balaban J connectivity index is 1.33. The maximum Gasteiger partial charge on any atom is 0.167 e. The van der Waals surface area contributed by atoms with Gasteiger partial charge in [0.2, 0.25) is 0 Å². The van der Waals surface area contributed by atoms with Crippen LogP contribution in [0.4, 0.5) is 0 Å². The van der Waals surface area contributed by atoms with Crippen LogP contribution in [-0.2, 0) is 13.0 Å². The predicted molar refractivity (Wildman–Crippen MR) is 113 cm³/mol. The van der Waals surface area contributed by atoms with Crippen LogP contribution in [0.1, 0.15) is 24.0 Å². The van der Waals surface area contributed by atoms with E-state index in [0.29, 0.717) is 19.0 Å². The second-order valence-electron chi connectivity index (χ2n) is 7.61. The Morgan fingerprint density at radius 1 is 1.27 bits per heavy atom. The van der Waals surface area contributed by atoms with Gasteiger partial charge in [0.05, 0.1) is 19.3 Å². The molecule has 2 N–H and O–H groups in total. The van der Waals surface area contributed by atoms with Crippen LogP contribution in [0, 0.1) is 17.8 Å². The zero-order valence-electron chi connectivity index (χ0n) is 17.0. The molecule has 7 nitrogen and oxygen atoms in total. The average molecular weight is 406 g/mol. The summed E-state index contributed by atoms with van der Waals surface area (Å²) in [7, 11) is 0. The van der Waals surface area contributed by atoms with Gasteiger partial charge in [-0.15, -0.1) is 0 Å². The van der Waals surface area contributed by atoms with Crippen LogP contribution >= 0.6 is 0 Å². The largest absolute Gasteiger partial charge is 0.394 e. The third-order valence-corrected chi connectivity index (χ3v) is 5.24. The molecule has 1 atom stereocenters. The lowest BCUT2D eigenvalue weighted by Gasteiger charge is -2.37. The molecule has 0 bridgehead atoms.